The van der Waals surface area contributed by atoms with E-state index < -0.39 is 5.41 Å². The van der Waals surface area contributed by atoms with Crippen LogP contribution < -0.4 is 10.1 Å². The standard InChI is InChI=1S/C30H31N5O2/c1-22-6-5-7-26(33-22)21-35-18-15-30(16-19-35,29(36)34-27-8-3-4-17-31-27)25-12-9-23(10-13-25)24-11-14-28(37-2)32-20-24/h3-14,17,20H,15-16,18-19,21H2,1-2H3,(H,31,34,36). The zero-order chi connectivity index (χ0) is 25.7. The smallest absolute Gasteiger partial charge is 0.236 e. The first-order chi connectivity index (χ1) is 18.1. The molecule has 0 unspecified atom stereocenters. The number of hydrogen-bond donors (Lipinski definition) is 1. The van der Waals surface area contributed by atoms with Gasteiger partial charge in [0.2, 0.25) is 11.8 Å². The Kier molecular flexibility index (Phi) is 7.23. The Labute approximate surface area is 217 Å². The topological polar surface area (TPSA) is 80.2 Å². The van der Waals surface area contributed by atoms with Gasteiger partial charge in [0.1, 0.15) is 5.82 Å². The van der Waals surface area contributed by atoms with E-state index in [1.165, 1.54) is 0 Å². The van der Waals surface area contributed by atoms with Gasteiger partial charge in [0, 0.05) is 36.3 Å². The molecule has 0 radical (unpaired) electrons. The Morgan fingerprint density at radius 2 is 1.73 bits per heavy atom. The van der Waals surface area contributed by atoms with E-state index in [0.29, 0.717) is 24.5 Å². The molecule has 7 nitrogen and oxygen atoms in total. The maximum atomic E-state index is 13.8. The van der Waals surface area contributed by atoms with Crippen molar-refractivity contribution in [3.05, 3.63) is 102 Å². The normalized spacial score (nSPS) is 15.2. The fourth-order valence-electron chi connectivity index (χ4n) is 4.98. The van der Waals surface area contributed by atoms with E-state index in [1.54, 1.807) is 19.5 Å². The Hall–Kier alpha value is -4.10. The molecule has 4 heterocycles. The number of aryl methyl sites for hydroxylation is 1. The molecule has 1 fully saturated rings. The highest BCUT2D eigenvalue weighted by molar-refractivity contribution is 5.98. The van der Waals surface area contributed by atoms with Crippen molar-refractivity contribution in [1.29, 1.82) is 0 Å². The highest BCUT2D eigenvalue weighted by Crippen LogP contribution is 2.38. The first kappa shape index (κ1) is 24.6. The second-order valence-electron chi connectivity index (χ2n) is 9.46. The fourth-order valence-corrected chi connectivity index (χ4v) is 4.98. The molecule has 7 heteroatoms. The molecule has 3 aromatic heterocycles. The van der Waals surface area contributed by atoms with E-state index in [0.717, 1.165) is 47.7 Å². The number of piperidine rings is 1. The van der Waals surface area contributed by atoms with Gasteiger partial charge in [0.05, 0.1) is 18.2 Å². The van der Waals surface area contributed by atoms with Gasteiger partial charge in [-0.1, -0.05) is 36.4 Å². The summed E-state index contributed by atoms with van der Waals surface area (Å²) in [6, 6.07) is 23.8. The van der Waals surface area contributed by atoms with Crippen molar-refractivity contribution in [3.63, 3.8) is 0 Å². The summed E-state index contributed by atoms with van der Waals surface area (Å²) in [7, 11) is 1.61. The van der Waals surface area contributed by atoms with Crippen molar-refractivity contribution in [3.8, 4) is 17.0 Å². The maximum absolute atomic E-state index is 13.8. The van der Waals surface area contributed by atoms with E-state index >= 15 is 0 Å². The molecule has 1 saturated heterocycles. The number of benzene rings is 1. The van der Waals surface area contributed by atoms with Crippen LogP contribution in [0.3, 0.4) is 0 Å². The van der Waals surface area contributed by atoms with Crippen LogP contribution in [-0.4, -0.2) is 46.0 Å². The molecule has 4 aromatic rings. The van der Waals surface area contributed by atoms with Crippen molar-refractivity contribution in [2.45, 2.75) is 31.7 Å². The molecule has 0 spiro atoms. The van der Waals surface area contributed by atoms with Crippen LogP contribution in [0.25, 0.3) is 11.1 Å². The summed E-state index contributed by atoms with van der Waals surface area (Å²) in [5.41, 5.74) is 4.49. The van der Waals surface area contributed by atoms with E-state index in [9.17, 15) is 4.79 Å². The average molecular weight is 494 g/mol. The van der Waals surface area contributed by atoms with Crippen LogP contribution in [0, 0.1) is 6.92 Å². The number of amides is 1. The number of carbonyl (C=O) groups is 1. The second-order valence-corrected chi connectivity index (χ2v) is 9.46. The number of carbonyl (C=O) groups excluding carboxylic acids is 1. The monoisotopic (exact) mass is 493 g/mol. The van der Waals surface area contributed by atoms with Crippen LogP contribution in [0.1, 0.15) is 29.8 Å². The van der Waals surface area contributed by atoms with Gasteiger partial charge in [-0.15, -0.1) is 0 Å². The summed E-state index contributed by atoms with van der Waals surface area (Å²) in [5, 5.41) is 3.08. The zero-order valence-electron chi connectivity index (χ0n) is 21.2. The van der Waals surface area contributed by atoms with Crippen LogP contribution in [0.15, 0.2) is 85.2 Å². The maximum Gasteiger partial charge on any atom is 0.236 e. The third kappa shape index (κ3) is 5.52. The van der Waals surface area contributed by atoms with E-state index in [1.807, 2.05) is 49.4 Å². The molecule has 0 atom stereocenters. The lowest BCUT2D eigenvalue weighted by Crippen LogP contribution is -2.49. The summed E-state index contributed by atoms with van der Waals surface area (Å²) < 4.78 is 5.18. The highest BCUT2D eigenvalue weighted by atomic mass is 16.5. The molecule has 0 aliphatic carbocycles. The largest absolute Gasteiger partial charge is 0.481 e. The molecule has 1 aliphatic rings. The molecule has 37 heavy (non-hydrogen) atoms. The number of rotatable bonds is 7. The minimum absolute atomic E-state index is 0.0154. The second kappa shape index (κ2) is 10.9. The number of likely N-dealkylation sites (tertiary alicyclic amines) is 1. The third-order valence-electron chi connectivity index (χ3n) is 7.10. The van der Waals surface area contributed by atoms with E-state index in [4.69, 9.17) is 4.74 Å². The third-order valence-corrected chi connectivity index (χ3v) is 7.10. The van der Waals surface area contributed by atoms with Crippen LogP contribution in [0.4, 0.5) is 5.82 Å². The van der Waals surface area contributed by atoms with Crippen LogP contribution in [0.5, 0.6) is 5.88 Å². The van der Waals surface area contributed by atoms with Gasteiger partial charge in [-0.2, -0.15) is 0 Å². The minimum Gasteiger partial charge on any atom is -0.481 e. The van der Waals surface area contributed by atoms with Crippen molar-refractivity contribution in [1.82, 2.24) is 19.9 Å². The number of hydrogen-bond acceptors (Lipinski definition) is 6. The lowest BCUT2D eigenvalue weighted by molar-refractivity contribution is -0.123. The Balaban J connectivity index is 1.39. The Morgan fingerprint density at radius 3 is 2.38 bits per heavy atom. The number of anilines is 1. The molecule has 1 aliphatic heterocycles. The molecular formula is C30H31N5O2. The summed E-state index contributed by atoms with van der Waals surface area (Å²) >= 11 is 0. The fraction of sp³-hybridized carbons (Fsp3) is 0.267. The lowest BCUT2D eigenvalue weighted by atomic mass is 9.71. The molecule has 0 bridgehead atoms. The number of aromatic nitrogens is 3. The van der Waals surface area contributed by atoms with Crippen molar-refractivity contribution in [2.75, 3.05) is 25.5 Å². The molecule has 1 N–H and O–H groups in total. The summed E-state index contributed by atoms with van der Waals surface area (Å²) in [6.07, 6.45) is 4.91. The predicted octanol–water partition coefficient (Wildman–Crippen LogP) is 5.03. The number of methoxy groups -OCH3 is 1. The summed E-state index contributed by atoms with van der Waals surface area (Å²) in [6.45, 7) is 4.40. The van der Waals surface area contributed by atoms with E-state index in [2.05, 4.69) is 55.5 Å². The Morgan fingerprint density at radius 1 is 0.946 bits per heavy atom. The summed E-state index contributed by atoms with van der Waals surface area (Å²) in [5.74, 6) is 1.13. The highest BCUT2D eigenvalue weighted by Gasteiger charge is 2.43. The van der Waals surface area contributed by atoms with Gasteiger partial charge in [-0.25, -0.2) is 9.97 Å². The number of nitrogens with zero attached hydrogens (tertiary/aromatic N) is 4. The quantitative estimate of drug-likeness (QED) is 0.389. The van der Waals surface area contributed by atoms with Crippen molar-refractivity contribution in [2.24, 2.45) is 0 Å². The summed E-state index contributed by atoms with van der Waals surface area (Å²) in [4.78, 5) is 29.5. The van der Waals surface area contributed by atoms with Crippen molar-refractivity contribution >= 4 is 11.7 Å². The van der Waals surface area contributed by atoms with Gasteiger partial charge < -0.3 is 10.1 Å². The number of pyridine rings is 3. The van der Waals surface area contributed by atoms with Crippen LogP contribution >= 0.6 is 0 Å². The van der Waals surface area contributed by atoms with Gasteiger partial charge in [0.25, 0.3) is 0 Å². The number of ether oxygens (including phenoxy) is 1. The first-order valence-corrected chi connectivity index (χ1v) is 12.5. The SMILES string of the molecule is COc1ccc(-c2ccc(C3(C(=O)Nc4ccccn4)CCN(Cc4cccc(C)n4)CC3)cc2)cn1. The zero-order valence-corrected chi connectivity index (χ0v) is 21.2. The molecular weight excluding hydrogens is 462 g/mol. The average Bonchev–Trinajstić information content (AvgIpc) is 2.94. The molecule has 188 valence electrons. The minimum atomic E-state index is -0.648. The first-order valence-electron chi connectivity index (χ1n) is 12.5. The lowest BCUT2D eigenvalue weighted by Gasteiger charge is -2.41. The van der Waals surface area contributed by atoms with Crippen LogP contribution in [-0.2, 0) is 16.8 Å². The van der Waals surface area contributed by atoms with Gasteiger partial charge >= 0.3 is 0 Å². The van der Waals surface area contributed by atoms with Crippen LogP contribution in [0.2, 0.25) is 0 Å². The molecule has 1 amide bonds. The number of nitrogens with one attached hydrogen (secondary N) is 1. The molecule has 1 aromatic carbocycles. The molecule has 5 rings (SSSR count). The van der Waals surface area contributed by atoms with Crippen molar-refractivity contribution < 1.29 is 9.53 Å². The molecule has 0 saturated carbocycles. The van der Waals surface area contributed by atoms with Gasteiger partial charge in [0.15, 0.2) is 0 Å². The van der Waals surface area contributed by atoms with Gasteiger partial charge in [-0.05, 0) is 74.3 Å². The van der Waals surface area contributed by atoms with E-state index in [-0.39, 0.29) is 5.91 Å². The Bertz CT molecular complexity index is 1330. The predicted molar refractivity (Wildman–Crippen MR) is 144 cm³/mol. The van der Waals surface area contributed by atoms with Gasteiger partial charge in [-0.3, -0.25) is 14.7 Å².